The lowest BCUT2D eigenvalue weighted by Gasteiger charge is -2.10. The van der Waals surface area contributed by atoms with Crippen LogP contribution in [0.4, 0.5) is 18.9 Å². The Morgan fingerprint density at radius 3 is 2.62 bits per heavy atom. The molecule has 0 spiro atoms. The molecule has 0 atom stereocenters. The van der Waals surface area contributed by atoms with Gasteiger partial charge in [0.05, 0.1) is 11.2 Å². The summed E-state index contributed by atoms with van der Waals surface area (Å²) in [7, 11) is 1.54. The zero-order valence-corrected chi connectivity index (χ0v) is 11.0. The van der Waals surface area contributed by atoms with Crippen molar-refractivity contribution in [2.75, 3.05) is 12.4 Å². The molecule has 0 aliphatic rings. The highest BCUT2D eigenvalue weighted by Crippen LogP contribution is 2.33. The molecule has 2 N–H and O–H groups in total. The van der Waals surface area contributed by atoms with Gasteiger partial charge in [0.15, 0.2) is 17.4 Å². The van der Waals surface area contributed by atoms with Crippen LogP contribution in [0.3, 0.4) is 0 Å². The van der Waals surface area contributed by atoms with Gasteiger partial charge in [-0.1, -0.05) is 0 Å². The maximum absolute atomic E-state index is 14.2. The first-order valence-corrected chi connectivity index (χ1v) is 6.20. The van der Waals surface area contributed by atoms with E-state index in [0.29, 0.717) is 5.52 Å². The van der Waals surface area contributed by atoms with Crippen molar-refractivity contribution in [1.29, 1.82) is 0 Å². The van der Waals surface area contributed by atoms with Crippen LogP contribution in [0.5, 0.6) is 11.5 Å². The van der Waals surface area contributed by atoms with Crippen molar-refractivity contribution < 1.29 is 17.9 Å². The number of fused-ring (bicyclic) bond motifs is 1. The van der Waals surface area contributed by atoms with E-state index in [-0.39, 0.29) is 16.8 Å². The Morgan fingerprint density at radius 2 is 1.86 bits per heavy atom. The zero-order chi connectivity index (χ0) is 15.0. The van der Waals surface area contributed by atoms with Gasteiger partial charge in [-0.25, -0.2) is 13.2 Å². The van der Waals surface area contributed by atoms with E-state index in [1.807, 2.05) is 0 Å². The topological polar surface area (TPSA) is 37.0 Å². The number of nitrogens with one attached hydrogen (secondary N) is 2. The van der Waals surface area contributed by atoms with Crippen molar-refractivity contribution in [2.24, 2.45) is 0 Å². The molecule has 0 amide bonds. The molecule has 0 bridgehead atoms. The van der Waals surface area contributed by atoms with Crippen LogP contribution < -0.4 is 10.1 Å². The minimum Gasteiger partial charge on any atom is -0.451 e. The Balaban J connectivity index is 2.05. The normalized spacial score (nSPS) is 10.9. The molecule has 0 saturated heterocycles. The van der Waals surface area contributed by atoms with Crippen LogP contribution in [0.1, 0.15) is 0 Å². The van der Waals surface area contributed by atoms with Crippen LogP contribution in [-0.2, 0) is 0 Å². The second-order valence-corrected chi connectivity index (χ2v) is 4.43. The largest absolute Gasteiger partial charge is 0.451 e. The van der Waals surface area contributed by atoms with E-state index in [1.165, 1.54) is 31.4 Å². The maximum Gasteiger partial charge on any atom is 0.199 e. The van der Waals surface area contributed by atoms with Gasteiger partial charge < -0.3 is 15.0 Å². The standard InChI is InChI=1S/C15H11F3N2O/c1-19-13-6-8(2-3-10(13)16)21-15-11(17)7-12-9(14(15)18)4-5-20-12/h2-7,19-20H,1H3. The van der Waals surface area contributed by atoms with Crippen LogP contribution in [0.2, 0.25) is 0 Å². The molecular weight excluding hydrogens is 281 g/mol. The molecule has 3 nitrogen and oxygen atoms in total. The highest BCUT2D eigenvalue weighted by Gasteiger charge is 2.17. The van der Waals surface area contributed by atoms with Crippen LogP contribution in [-0.4, -0.2) is 12.0 Å². The second kappa shape index (κ2) is 5.05. The molecule has 0 aliphatic carbocycles. The molecule has 0 fully saturated rings. The average Bonchev–Trinajstić information content (AvgIpc) is 2.93. The number of hydrogen-bond donors (Lipinski definition) is 2. The summed E-state index contributed by atoms with van der Waals surface area (Å²) < 4.78 is 46.8. The summed E-state index contributed by atoms with van der Waals surface area (Å²) in [6.45, 7) is 0. The number of halogens is 3. The summed E-state index contributed by atoms with van der Waals surface area (Å²) in [6.07, 6.45) is 1.51. The molecule has 1 aromatic heterocycles. The smallest absolute Gasteiger partial charge is 0.199 e. The molecule has 21 heavy (non-hydrogen) atoms. The fourth-order valence-electron chi connectivity index (χ4n) is 2.08. The van der Waals surface area contributed by atoms with Gasteiger partial charge in [0, 0.05) is 30.8 Å². The van der Waals surface area contributed by atoms with Gasteiger partial charge >= 0.3 is 0 Å². The Bertz CT molecular complexity index is 814. The minimum absolute atomic E-state index is 0.133. The van der Waals surface area contributed by atoms with E-state index in [4.69, 9.17) is 4.74 Å². The quantitative estimate of drug-likeness (QED) is 0.750. The number of H-pyrrole nitrogens is 1. The van der Waals surface area contributed by atoms with Crippen molar-refractivity contribution >= 4 is 16.6 Å². The first kappa shape index (κ1) is 13.4. The summed E-state index contributed by atoms with van der Waals surface area (Å²) >= 11 is 0. The van der Waals surface area contributed by atoms with Gasteiger partial charge in [0.2, 0.25) is 0 Å². The lowest BCUT2D eigenvalue weighted by molar-refractivity contribution is 0.410. The van der Waals surface area contributed by atoms with Crippen LogP contribution in [0.25, 0.3) is 10.9 Å². The van der Waals surface area contributed by atoms with Crippen molar-refractivity contribution in [3.63, 3.8) is 0 Å². The van der Waals surface area contributed by atoms with E-state index in [2.05, 4.69) is 10.3 Å². The van der Waals surface area contributed by atoms with E-state index in [0.717, 1.165) is 12.1 Å². The van der Waals surface area contributed by atoms with Gasteiger partial charge in [-0.2, -0.15) is 0 Å². The summed E-state index contributed by atoms with van der Waals surface area (Å²) in [5.74, 6) is -2.50. The van der Waals surface area contributed by atoms with Crippen molar-refractivity contribution in [2.45, 2.75) is 0 Å². The van der Waals surface area contributed by atoms with E-state index in [9.17, 15) is 13.2 Å². The number of hydrogen-bond acceptors (Lipinski definition) is 2. The molecule has 6 heteroatoms. The molecule has 0 saturated carbocycles. The minimum atomic E-state index is -0.835. The number of aromatic nitrogens is 1. The predicted octanol–water partition coefficient (Wildman–Crippen LogP) is 4.42. The zero-order valence-electron chi connectivity index (χ0n) is 11.0. The predicted molar refractivity (Wildman–Crippen MR) is 74.2 cm³/mol. The fraction of sp³-hybridized carbons (Fsp3) is 0.0667. The van der Waals surface area contributed by atoms with Crippen molar-refractivity contribution in [3.8, 4) is 11.5 Å². The third-order valence-electron chi connectivity index (χ3n) is 3.13. The molecule has 3 rings (SSSR count). The number of rotatable bonds is 3. The highest BCUT2D eigenvalue weighted by molar-refractivity contribution is 5.82. The van der Waals surface area contributed by atoms with Crippen molar-refractivity contribution in [3.05, 3.63) is 54.0 Å². The molecule has 108 valence electrons. The second-order valence-electron chi connectivity index (χ2n) is 4.43. The van der Waals surface area contributed by atoms with E-state index < -0.39 is 23.2 Å². The highest BCUT2D eigenvalue weighted by atomic mass is 19.1. The number of anilines is 1. The Morgan fingerprint density at radius 1 is 1.05 bits per heavy atom. The average molecular weight is 292 g/mol. The monoisotopic (exact) mass is 292 g/mol. The molecule has 3 aromatic rings. The van der Waals surface area contributed by atoms with Crippen molar-refractivity contribution in [1.82, 2.24) is 4.98 Å². The first-order valence-electron chi connectivity index (χ1n) is 6.20. The number of benzene rings is 2. The Labute approximate surface area is 118 Å². The first-order chi connectivity index (χ1) is 10.1. The summed E-state index contributed by atoms with van der Waals surface area (Å²) in [4.78, 5) is 2.72. The lowest BCUT2D eigenvalue weighted by Crippen LogP contribution is -1.96. The molecule has 0 unspecified atom stereocenters. The van der Waals surface area contributed by atoms with Gasteiger partial charge in [-0.15, -0.1) is 0 Å². The SMILES string of the molecule is CNc1cc(Oc2c(F)cc3[nH]ccc3c2F)ccc1F. The van der Waals surface area contributed by atoms with E-state index in [1.54, 1.807) is 0 Å². The third-order valence-corrected chi connectivity index (χ3v) is 3.13. The fourth-order valence-corrected chi connectivity index (χ4v) is 2.08. The molecule has 1 heterocycles. The van der Waals surface area contributed by atoms with Gasteiger partial charge in [0.25, 0.3) is 0 Å². The lowest BCUT2D eigenvalue weighted by atomic mass is 10.2. The number of aromatic amines is 1. The molecular formula is C15H11F3N2O. The summed E-state index contributed by atoms with van der Waals surface area (Å²) in [5.41, 5.74) is 0.517. The molecule has 0 radical (unpaired) electrons. The summed E-state index contributed by atoms with van der Waals surface area (Å²) in [5, 5.41) is 2.85. The van der Waals surface area contributed by atoms with Gasteiger partial charge in [0.1, 0.15) is 11.6 Å². The Kier molecular flexibility index (Phi) is 3.21. The van der Waals surface area contributed by atoms with Crippen LogP contribution >= 0.6 is 0 Å². The van der Waals surface area contributed by atoms with Crippen LogP contribution in [0.15, 0.2) is 36.5 Å². The third kappa shape index (κ3) is 2.29. The van der Waals surface area contributed by atoms with Crippen LogP contribution in [0, 0.1) is 17.5 Å². The Hall–Kier alpha value is -2.63. The molecule has 2 aromatic carbocycles. The molecule has 0 aliphatic heterocycles. The van der Waals surface area contributed by atoms with Gasteiger partial charge in [-0.05, 0) is 18.2 Å². The van der Waals surface area contributed by atoms with Gasteiger partial charge in [-0.3, -0.25) is 0 Å². The maximum atomic E-state index is 14.2. The van der Waals surface area contributed by atoms with E-state index >= 15 is 0 Å². The number of ether oxygens (including phenoxy) is 1. The summed E-state index contributed by atoms with van der Waals surface area (Å²) in [6, 6.07) is 6.43.